The first kappa shape index (κ1) is 20.5. The first-order valence-corrected chi connectivity index (χ1v) is 9.98. The molecule has 3 N–H and O–H groups in total. The summed E-state index contributed by atoms with van der Waals surface area (Å²) in [7, 11) is -3.39. The van der Waals surface area contributed by atoms with Gasteiger partial charge in [-0.3, -0.25) is 9.36 Å². The van der Waals surface area contributed by atoms with Crippen molar-refractivity contribution < 1.29 is 18.3 Å². The Bertz CT molecular complexity index is 790. The lowest BCUT2D eigenvalue weighted by Crippen LogP contribution is -2.22. The number of rotatable bonds is 9. The molecule has 2 rings (SSSR count). The van der Waals surface area contributed by atoms with E-state index in [0.29, 0.717) is 0 Å². The molecule has 0 aromatic carbocycles. The number of ether oxygens (including phenoxy) is 1. The van der Waals surface area contributed by atoms with E-state index >= 15 is 0 Å². The largest absolute Gasteiger partial charge is 0.368 e. The lowest BCUT2D eigenvalue weighted by Gasteiger charge is -2.24. The van der Waals surface area contributed by atoms with Crippen molar-refractivity contribution in [3.05, 3.63) is 10.4 Å². The molecule has 2 aliphatic heterocycles. The summed E-state index contributed by atoms with van der Waals surface area (Å²) in [5, 5.41) is 6.56. The average Bonchev–Trinajstić information content (AvgIpc) is 2.87. The van der Waals surface area contributed by atoms with E-state index in [1.165, 1.54) is 4.68 Å². The Morgan fingerprint density at radius 2 is 1.77 bits per heavy atom. The first-order chi connectivity index (χ1) is 12.1. The molecule has 11 nitrogen and oxygen atoms in total. The van der Waals surface area contributed by atoms with Gasteiger partial charge >= 0.3 is 13.2 Å². The third kappa shape index (κ3) is 5.34. The number of nitrogens with one attached hydrogen (secondary N) is 1. The zero-order valence-corrected chi connectivity index (χ0v) is 16.4. The SMILES string of the molecule is CC(C)OP(=O)(CO[C@H](C)Cn1[nH]nc2c(=O)nc(N)nc1-2)OC(C)C. The zero-order chi connectivity index (χ0) is 19.5. The van der Waals surface area contributed by atoms with Crippen molar-refractivity contribution in [3.8, 4) is 11.5 Å². The van der Waals surface area contributed by atoms with Gasteiger partial charge in [-0.25, -0.2) is 9.90 Å². The van der Waals surface area contributed by atoms with Crippen molar-refractivity contribution >= 4 is 13.5 Å². The normalized spacial score (nSPS) is 13.8. The minimum Gasteiger partial charge on any atom is -0.368 e. The van der Waals surface area contributed by atoms with E-state index in [1.807, 2.05) is 0 Å². The first-order valence-electron chi connectivity index (χ1n) is 8.25. The minimum absolute atomic E-state index is 0.0864. The molecule has 0 radical (unpaired) electrons. The number of anilines is 1. The Labute approximate surface area is 151 Å². The summed E-state index contributed by atoms with van der Waals surface area (Å²) in [6.07, 6.45) is -1.12. The second kappa shape index (κ2) is 8.26. The molecule has 2 aliphatic rings. The van der Waals surface area contributed by atoms with Crippen LogP contribution in [-0.2, 0) is 24.9 Å². The zero-order valence-electron chi connectivity index (χ0n) is 15.5. The number of hydrogen-bond donors (Lipinski definition) is 2. The highest BCUT2D eigenvalue weighted by Crippen LogP contribution is 2.50. The number of H-pyrrole nitrogens is 1. The Kier molecular flexibility index (Phi) is 6.51. The molecule has 0 aromatic rings. The Morgan fingerprint density at radius 1 is 1.15 bits per heavy atom. The van der Waals surface area contributed by atoms with E-state index in [4.69, 9.17) is 19.5 Å². The van der Waals surface area contributed by atoms with Gasteiger partial charge in [0, 0.05) is 0 Å². The molecule has 12 heteroatoms. The van der Waals surface area contributed by atoms with Crippen molar-refractivity contribution in [2.75, 3.05) is 12.1 Å². The quantitative estimate of drug-likeness (QED) is 0.609. The molecule has 0 unspecified atom stereocenters. The van der Waals surface area contributed by atoms with Crippen LogP contribution in [0.25, 0.3) is 11.5 Å². The summed E-state index contributed by atoms with van der Waals surface area (Å²) in [6, 6.07) is 0. The molecule has 0 spiro atoms. The lowest BCUT2D eigenvalue weighted by molar-refractivity contribution is 0.0525. The summed E-state index contributed by atoms with van der Waals surface area (Å²) in [5.41, 5.74) is 5.04. The molecule has 1 atom stereocenters. The predicted octanol–water partition coefficient (Wildman–Crippen LogP) is 1.45. The number of aromatic amines is 1. The Morgan fingerprint density at radius 3 is 2.35 bits per heavy atom. The highest BCUT2D eigenvalue weighted by atomic mass is 31.2. The third-order valence-corrected chi connectivity index (χ3v) is 5.04. The molecule has 0 aliphatic carbocycles. The van der Waals surface area contributed by atoms with Crippen molar-refractivity contribution in [3.63, 3.8) is 0 Å². The van der Waals surface area contributed by atoms with Gasteiger partial charge in [0.15, 0.2) is 11.5 Å². The van der Waals surface area contributed by atoms with Crippen LogP contribution in [0.2, 0.25) is 0 Å². The number of hydrogen-bond acceptors (Lipinski definition) is 9. The summed E-state index contributed by atoms with van der Waals surface area (Å²) in [4.78, 5) is 19.3. The van der Waals surface area contributed by atoms with Gasteiger partial charge in [0.1, 0.15) is 6.35 Å². The molecule has 0 aromatic heterocycles. The molecule has 0 bridgehead atoms. The monoisotopic (exact) mass is 388 g/mol. The average molecular weight is 388 g/mol. The highest BCUT2D eigenvalue weighted by molar-refractivity contribution is 7.53. The summed E-state index contributed by atoms with van der Waals surface area (Å²) >= 11 is 0. The molecule has 26 heavy (non-hydrogen) atoms. The standard InChI is InChI=1S/C14H25N6O5P/c1-8(2)24-26(22,25-9(3)4)7-23-10(5)6-20-12-11(18-19-20)13(21)17-14(15)16-12/h8-10,19H,6-7H2,1-5H3,(H2,15,17,21)/t10-/m1/s1. The van der Waals surface area contributed by atoms with Crippen LogP contribution in [0, 0.1) is 0 Å². The van der Waals surface area contributed by atoms with Gasteiger partial charge < -0.3 is 19.5 Å². The molecular formula is C14H25N6O5P. The lowest BCUT2D eigenvalue weighted by atomic mass is 10.3. The van der Waals surface area contributed by atoms with E-state index in [9.17, 15) is 9.36 Å². The van der Waals surface area contributed by atoms with Crippen LogP contribution in [0.15, 0.2) is 4.79 Å². The second-order valence-corrected chi connectivity index (χ2v) is 8.31. The summed E-state index contributed by atoms with van der Waals surface area (Å²) < 4.78 is 30.8. The van der Waals surface area contributed by atoms with Crippen LogP contribution >= 0.6 is 7.60 Å². The van der Waals surface area contributed by atoms with Gasteiger partial charge in [-0.1, -0.05) is 0 Å². The van der Waals surface area contributed by atoms with E-state index < -0.39 is 19.3 Å². The smallest absolute Gasteiger partial charge is 0.356 e. The summed E-state index contributed by atoms with van der Waals surface area (Å²) in [6.45, 7) is 9.15. The number of aromatic nitrogens is 5. The van der Waals surface area contributed by atoms with Gasteiger partial charge in [0.05, 0.1) is 24.9 Å². The molecule has 0 fully saturated rings. The van der Waals surface area contributed by atoms with Gasteiger partial charge in [-0.15, -0.1) is 0 Å². The highest BCUT2D eigenvalue weighted by Gasteiger charge is 2.29. The van der Waals surface area contributed by atoms with Crippen molar-refractivity contribution in [2.24, 2.45) is 0 Å². The van der Waals surface area contributed by atoms with E-state index in [1.54, 1.807) is 34.6 Å². The van der Waals surface area contributed by atoms with Crippen LogP contribution in [0.5, 0.6) is 0 Å². The maximum absolute atomic E-state index is 12.8. The second-order valence-electron chi connectivity index (χ2n) is 6.41. The minimum atomic E-state index is -3.39. The number of nitrogens with zero attached hydrogens (tertiary/aromatic N) is 4. The van der Waals surface area contributed by atoms with Crippen LogP contribution in [0.3, 0.4) is 0 Å². The fourth-order valence-corrected chi connectivity index (χ4v) is 4.16. The summed E-state index contributed by atoms with van der Waals surface area (Å²) in [5.74, 6) is 0.143. The molecule has 0 amide bonds. The maximum atomic E-state index is 12.8. The van der Waals surface area contributed by atoms with Gasteiger partial charge in [-0.05, 0) is 34.6 Å². The van der Waals surface area contributed by atoms with Crippen LogP contribution in [-0.4, -0.2) is 49.6 Å². The Balaban J connectivity index is 2.05. The molecular weight excluding hydrogens is 363 g/mol. The van der Waals surface area contributed by atoms with Gasteiger partial charge in [0.2, 0.25) is 5.95 Å². The van der Waals surface area contributed by atoms with Crippen LogP contribution in [0.1, 0.15) is 34.6 Å². The molecule has 0 saturated carbocycles. The van der Waals surface area contributed by atoms with Crippen molar-refractivity contribution in [1.29, 1.82) is 0 Å². The third-order valence-electron chi connectivity index (χ3n) is 3.09. The van der Waals surface area contributed by atoms with Crippen molar-refractivity contribution in [2.45, 2.75) is 59.5 Å². The van der Waals surface area contributed by atoms with Crippen molar-refractivity contribution in [1.82, 2.24) is 25.0 Å². The van der Waals surface area contributed by atoms with Crippen LogP contribution < -0.4 is 11.3 Å². The number of fused-ring (bicyclic) bond motifs is 1. The fraction of sp³-hybridized carbons (Fsp3) is 0.714. The van der Waals surface area contributed by atoms with E-state index in [2.05, 4.69) is 20.3 Å². The van der Waals surface area contributed by atoms with Crippen LogP contribution in [0.4, 0.5) is 5.95 Å². The fourth-order valence-electron chi connectivity index (χ4n) is 2.27. The topological polar surface area (TPSA) is 147 Å². The maximum Gasteiger partial charge on any atom is 0.356 e. The predicted molar refractivity (Wildman–Crippen MR) is 94.9 cm³/mol. The van der Waals surface area contributed by atoms with E-state index in [0.717, 1.165) is 0 Å². The molecule has 146 valence electrons. The van der Waals surface area contributed by atoms with Gasteiger partial charge in [-0.2, -0.15) is 15.1 Å². The van der Waals surface area contributed by atoms with E-state index in [-0.39, 0.29) is 42.6 Å². The number of nitrogen functional groups attached to an aromatic ring is 1. The Hall–Kier alpha value is -1.81. The number of nitrogens with two attached hydrogens (primary N) is 1. The molecule has 2 heterocycles. The molecule has 0 saturated heterocycles. The van der Waals surface area contributed by atoms with Gasteiger partial charge in [0.25, 0.3) is 0 Å².